The Balaban J connectivity index is 1.44. The first-order valence-electron chi connectivity index (χ1n) is 11.0. The topological polar surface area (TPSA) is 126 Å². The molecule has 0 spiro atoms. The third kappa shape index (κ3) is 5.19. The number of nitrogen functional groups attached to an aromatic ring is 1. The molecule has 9 heteroatoms. The van der Waals surface area contributed by atoms with Crippen molar-refractivity contribution < 1.29 is 14.3 Å². The van der Waals surface area contributed by atoms with Crippen LogP contribution < -0.4 is 17.0 Å². The third-order valence-corrected chi connectivity index (χ3v) is 5.65. The second-order valence-corrected chi connectivity index (χ2v) is 8.06. The van der Waals surface area contributed by atoms with Crippen molar-refractivity contribution in [2.24, 2.45) is 7.05 Å². The monoisotopic (exact) mass is 472 g/mol. The van der Waals surface area contributed by atoms with Crippen LogP contribution in [0.2, 0.25) is 0 Å². The second kappa shape index (κ2) is 10.2. The predicted octanol–water partition coefficient (Wildman–Crippen LogP) is 2.08. The molecule has 0 saturated carbocycles. The molecule has 35 heavy (non-hydrogen) atoms. The Bertz CT molecular complexity index is 1520. The number of carbonyl (C=O) groups excluding carboxylic acids is 2. The minimum absolute atomic E-state index is 0.0135. The van der Waals surface area contributed by atoms with Gasteiger partial charge in [-0.1, -0.05) is 54.6 Å². The Labute approximate surface area is 200 Å². The number of aryl methyl sites for hydroxylation is 1. The molecule has 2 aromatic carbocycles. The quantitative estimate of drug-likeness (QED) is 0.307. The van der Waals surface area contributed by atoms with Gasteiger partial charge in [-0.15, -0.1) is 0 Å². The number of nitrogens with two attached hydrogens (primary N) is 1. The predicted molar refractivity (Wildman–Crippen MR) is 131 cm³/mol. The summed E-state index contributed by atoms with van der Waals surface area (Å²) in [6, 6.07) is 20.4. The Morgan fingerprint density at radius 2 is 1.69 bits per heavy atom. The number of esters is 1. The van der Waals surface area contributed by atoms with E-state index < -0.39 is 29.6 Å². The van der Waals surface area contributed by atoms with Gasteiger partial charge >= 0.3 is 11.7 Å². The number of pyridine rings is 1. The van der Waals surface area contributed by atoms with Crippen LogP contribution in [0, 0.1) is 0 Å². The average molecular weight is 473 g/mol. The fraction of sp³-hybridized carbons (Fsp3) is 0.192. The van der Waals surface area contributed by atoms with Gasteiger partial charge in [0.25, 0.3) is 5.56 Å². The van der Waals surface area contributed by atoms with Crippen LogP contribution in [-0.4, -0.2) is 32.5 Å². The minimum atomic E-state index is -0.835. The molecule has 4 aromatic rings. The Kier molecular flexibility index (Phi) is 6.86. The number of hydrogen-bond acceptors (Lipinski definition) is 7. The fourth-order valence-corrected chi connectivity index (χ4v) is 3.73. The van der Waals surface area contributed by atoms with Gasteiger partial charge < -0.3 is 10.5 Å². The highest BCUT2D eigenvalue weighted by Crippen LogP contribution is 2.13. The molecule has 0 amide bonds. The van der Waals surface area contributed by atoms with Crippen molar-refractivity contribution in [3.05, 3.63) is 104 Å². The molecule has 0 unspecified atom stereocenters. The van der Waals surface area contributed by atoms with Gasteiger partial charge in [0.05, 0.1) is 18.5 Å². The Morgan fingerprint density at radius 1 is 0.971 bits per heavy atom. The molecule has 178 valence electrons. The number of rotatable bonds is 8. The third-order valence-electron chi connectivity index (χ3n) is 5.65. The molecule has 0 saturated heterocycles. The van der Waals surface area contributed by atoms with E-state index in [1.807, 2.05) is 42.5 Å². The number of fused-ring (bicyclic) bond motifs is 1. The van der Waals surface area contributed by atoms with Crippen molar-refractivity contribution in [1.29, 1.82) is 0 Å². The highest BCUT2D eigenvalue weighted by molar-refractivity contribution is 6.01. The van der Waals surface area contributed by atoms with Crippen molar-refractivity contribution in [3.8, 4) is 0 Å². The summed E-state index contributed by atoms with van der Waals surface area (Å²) in [6.45, 7) is -0.578. The molecule has 2 N–H and O–H groups in total. The summed E-state index contributed by atoms with van der Waals surface area (Å²) >= 11 is 0. The normalized spacial score (nSPS) is 10.9. The zero-order chi connectivity index (χ0) is 24.9. The number of Topliss-reactive ketones (excluding diaryl/α,β-unsaturated/α-hetero) is 1. The van der Waals surface area contributed by atoms with E-state index in [0.29, 0.717) is 6.42 Å². The van der Waals surface area contributed by atoms with Gasteiger partial charge in [-0.3, -0.25) is 28.5 Å². The van der Waals surface area contributed by atoms with E-state index >= 15 is 0 Å². The zero-order valence-corrected chi connectivity index (χ0v) is 19.1. The number of ketones is 1. The van der Waals surface area contributed by atoms with Crippen LogP contribution in [0.15, 0.2) is 76.3 Å². The molecule has 9 nitrogen and oxygen atoms in total. The summed E-state index contributed by atoms with van der Waals surface area (Å²) in [4.78, 5) is 54.8. The van der Waals surface area contributed by atoms with Gasteiger partial charge in [-0.05, 0) is 17.7 Å². The molecular weight excluding hydrogens is 448 g/mol. The van der Waals surface area contributed by atoms with Gasteiger partial charge in [0.15, 0.2) is 6.61 Å². The van der Waals surface area contributed by atoms with Crippen molar-refractivity contribution in [3.63, 3.8) is 0 Å². The number of carbonyl (C=O) groups is 2. The molecular formula is C26H24N4O5. The lowest BCUT2D eigenvalue weighted by atomic mass is 10.1. The second-order valence-electron chi connectivity index (χ2n) is 8.06. The highest BCUT2D eigenvalue weighted by Gasteiger charge is 2.22. The van der Waals surface area contributed by atoms with E-state index in [0.717, 1.165) is 31.3 Å². The molecule has 2 heterocycles. The maximum absolute atomic E-state index is 12.8. The molecule has 0 aliphatic heterocycles. The first-order chi connectivity index (χ1) is 16.8. The molecule has 0 aliphatic rings. The summed E-state index contributed by atoms with van der Waals surface area (Å²) in [5, 5.41) is 0.997. The maximum Gasteiger partial charge on any atom is 0.332 e. The lowest BCUT2D eigenvalue weighted by molar-refractivity contribution is -0.142. The van der Waals surface area contributed by atoms with Crippen LogP contribution in [0.25, 0.3) is 10.9 Å². The first-order valence-corrected chi connectivity index (χ1v) is 11.0. The van der Waals surface area contributed by atoms with E-state index in [9.17, 15) is 19.2 Å². The smallest absolute Gasteiger partial charge is 0.332 e. The Hall–Kier alpha value is -4.53. The number of hydrogen-bond donors (Lipinski definition) is 1. The first kappa shape index (κ1) is 23.6. The molecule has 2 aromatic heterocycles. The largest absolute Gasteiger partial charge is 0.457 e. The van der Waals surface area contributed by atoms with Crippen molar-refractivity contribution in [2.75, 3.05) is 12.3 Å². The average Bonchev–Trinajstić information content (AvgIpc) is 2.88. The number of nitrogens with zero attached hydrogens (tertiary/aromatic N) is 3. The fourth-order valence-electron chi connectivity index (χ4n) is 3.73. The van der Waals surface area contributed by atoms with E-state index in [4.69, 9.17) is 10.5 Å². The summed E-state index contributed by atoms with van der Waals surface area (Å²) in [5.41, 5.74) is 6.52. The highest BCUT2D eigenvalue weighted by atomic mass is 16.5. The summed E-state index contributed by atoms with van der Waals surface area (Å²) < 4.78 is 7.07. The molecule has 0 aliphatic carbocycles. The number of para-hydroxylation sites is 1. The summed E-state index contributed by atoms with van der Waals surface area (Å²) in [5.74, 6) is -1.65. The van der Waals surface area contributed by atoms with Gasteiger partial charge in [-0.25, -0.2) is 4.79 Å². The van der Waals surface area contributed by atoms with Crippen molar-refractivity contribution >= 4 is 28.5 Å². The van der Waals surface area contributed by atoms with E-state index in [1.54, 1.807) is 24.3 Å². The minimum Gasteiger partial charge on any atom is -0.457 e. The van der Waals surface area contributed by atoms with Gasteiger partial charge in [-0.2, -0.15) is 0 Å². The SMILES string of the molecule is Cn1c(=O)c(C(=O)COC(=O)CCc2ccc3ccccc3n2)c(N)n(Cc2ccccc2)c1=O. The van der Waals surface area contributed by atoms with E-state index in [1.165, 1.54) is 7.05 Å². The lowest BCUT2D eigenvalue weighted by Gasteiger charge is -2.14. The van der Waals surface area contributed by atoms with Crippen LogP contribution in [0.1, 0.15) is 28.0 Å². The van der Waals surface area contributed by atoms with Crippen LogP contribution in [0.3, 0.4) is 0 Å². The van der Waals surface area contributed by atoms with Gasteiger partial charge in [0, 0.05) is 24.5 Å². The van der Waals surface area contributed by atoms with Crippen molar-refractivity contribution in [1.82, 2.24) is 14.1 Å². The molecule has 4 rings (SSSR count). The van der Waals surface area contributed by atoms with E-state index in [-0.39, 0.29) is 24.3 Å². The van der Waals surface area contributed by atoms with Crippen LogP contribution in [0.5, 0.6) is 0 Å². The maximum atomic E-state index is 12.8. The number of anilines is 1. The summed E-state index contributed by atoms with van der Waals surface area (Å²) in [7, 11) is 1.27. The summed E-state index contributed by atoms with van der Waals surface area (Å²) in [6.07, 6.45) is 0.351. The zero-order valence-electron chi connectivity index (χ0n) is 19.1. The number of ether oxygens (including phenoxy) is 1. The van der Waals surface area contributed by atoms with Gasteiger partial charge in [0.2, 0.25) is 5.78 Å². The molecule has 0 radical (unpaired) electrons. The molecule has 0 bridgehead atoms. The van der Waals surface area contributed by atoms with Crippen LogP contribution in [-0.2, 0) is 29.5 Å². The lowest BCUT2D eigenvalue weighted by Crippen LogP contribution is -2.43. The standard InChI is InChI=1S/C26H24N4O5/c1-29-25(33)23(24(27)30(26(29)34)15-17-7-3-2-4-8-17)21(31)16-35-22(32)14-13-19-12-11-18-9-5-6-10-20(18)28-19/h2-12H,13-16,27H2,1H3. The number of benzene rings is 2. The van der Waals surface area contributed by atoms with Gasteiger partial charge in [0.1, 0.15) is 11.4 Å². The van der Waals surface area contributed by atoms with Crippen LogP contribution in [0.4, 0.5) is 5.82 Å². The van der Waals surface area contributed by atoms with E-state index in [2.05, 4.69) is 4.98 Å². The molecule has 0 fully saturated rings. The number of aromatic nitrogens is 3. The Morgan fingerprint density at radius 3 is 2.46 bits per heavy atom. The van der Waals surface area contributed by atoms with Crippen LogP contribution >= 0.6 is 0 Å². The van der Waals surface area contributed by atoms with Crippen molar-refractivity contribution in [2.45, 2.75) is 19.4 Å². The molecule has 0 atom stereocenters.